The molecule has 3 heterocycles. The van der Waals surface area contributed by atoms with Crippen LogP contribution in [0.4, 0.5) is 11.4 Å². The maximum absolute atomic E-state index is 12.4. The maximum atomic E-state index is 12.4. The Labute approximate surface area is 311 Å². The molecule has 13 nitrogen and oxygen atoms in total. The zero-order valence-corrected chi connectivity index (χ0v) is 32.2. The molecule has 53 heavy (non-hydrogen) atoms. The van der Waals surface area contributed by atoms with Crippen molar-refractivity contribution in [3.63, 3.8) is 0 Å². The number of amides is 2. The molecule has 0 saturated carbocycles. The van der Waals surface area contributed by atoms with E-state index in [2.05, 4.69) is 36.3 Å². The molecule has 1 atom stereocenters. The number of rotatable bonds is 16. The normalized spacial score (nSPS) is 20.6. The molecule has 1 unspecified atom stereocenters. The van der Waals surface area contributed by atoms with Gasteiger partial charge in [0, 0.05) is 66.7 Å². The van der Waals surface area contributed by atoms with Crippen LogP contribution in [0.15, 0.2) is 71.3 Å². The van der Waals surface area contributed by atoms with Crippen molar-refractivity contribution in [2.75, 3.05) is 23.7 Å². The van der Waals surface area contributed by atoms with Gasteiger partial charge in [-0.15, -0.1) is 5.06 Å². The van der Waals surface area contributed by atoms with Crippen LogP contribution in [0.25, 0.3) is 0 Å². The first-order valence-corrected chi connectivity index (χ1v) is 21.0. The number of hydroxylamine groups is 2. The number of para-hydroxylation sites is 1. The summed E-state index contributed by atoms with van der Waals surface area (Å²) in [5, 5.41) is 0.543. The second-order valence-corrected chi connectivity index (χ2v) is 17.5. The molecule has 0 radical (unpaired) electrons. The first-order chi connectivity index (χ1) is 24.9. The van der Waals surface area contributed by atoms with Crippen LogP contribution in [0.2, 0.25) is 0 Å². The number of anilines is 1. The van der Waals surface area contributed by atoms with Crippen LogP contribution in [-0.4, -0.2) is 77.9 Å². The number of carbonyl (C=O) groups excluding carboxylic acids is 3. The average Bonchev–Trinajstić information content (AvgIpc) is 3.60. The molecular weight excluding hydrogens is 723 g/mol. The topological polar surface area (TPSA) is 179 Å². The second-order valence-electron chi connectivity index (χ2n) is 14.5. The Morgan fingerprint density at radius 2 is 1.64 bits per heavy atom. The third-order valence-electron chi connectivity index (χ3n) is 10.3. The van der Waals surface area contributed by atoms with Crippen LogP contribution in [0.3, 0.4) is 0 Å². The van der Waals surface area contributed by atoms with E-state index in [4.69, 9.17) is 4.84 Å². The Hall–Kier alpha value is -4.18. The molecule has 1 fully saturated rings. The van der Waals surface area contributed by atoms with Gasteiger partial charge in [-0.2, -0.15) is 21.4 Å². The van der Waals surface area contributed by atoms with Crippen LogP contribution in [0, 0.1) is 0 Å². The fraction of sp³-hybridized carbons (Fsp3) is 0.474. The largest absolute Gasteiger partial charge is 0.344 e. The minimum atomic E-state index is -4.49. The van der Waals surface area contributed by atoms with E-state index in [9.17, 15) is 40.3 Å². The molecule has 15 heteroatoms. The number of hydrogen-bond acceptors (Lipinski definition) is 9. The van der Waals surface area contributed by atoms with Crippen molar-refractivity contribution in [1.82, 2.24) is 5.06 Å². The van der Waals surface area contributed by atoms with Gasteiger partial charge in [0.1, 0.15) is 6.54 Å². The summed E-state index contributed by atoms with van der Waals surface area (Å²) in [5.74, 6) is -2.09. The van der Waals surface area contributed by atoms with Crippen molar-refractivity contribution in [3.8, 4) is 0 Å². The van der Waals surface area contributed by atoms with Crippen molar-refractivity contribution in [2.24, 2.45) is 0 Å². The van der Waals surface area contributed by atoms with Gasteiger partial charge in [-0.1, -0.05) is 57.9 Å². The van der Waals surface area contributed by atoms with Crippen LogP contribution >= 0.6 is 0 Å². The van der Waals surface area contributed by atoms with Gasteiger partial charge in [0.05, 0.1) is 16.1 Å². The fourth-order valence-electron chi connectivity index (χ4n) is 7.67. The van der Waals surface area contributed by atoms with Gasteiger partial charge < -0.3 is 9.74 Å². The van der Waals surface area contributed by atoms with E-state index in [1.807, 2.05) is 43.4 Å². The quantitative estimate of drug-likeness (QED) is 0.0916. The molecule has 3 aliphatic heterocycles. The van der Waals surface area contributed by atoms with Crippen LogP contribution < -0.4 is 4.90 Å². The Bertz CT molecular complexity index is 2090. The maximum Gasteiger partial charge on any atom is 0.333 e. The minimum absolute atomic E-state index is 0.0161. The van der Waals surface area contributed by atoms with Gasteiger partial charge in [0.15, 0.2) is 5.71 Å². The first kappa shape index (κ1) is 40.0. The predicted octanol–water partition coefficient (Wildman–Crippen LogP) is 5.77. The highest BCUT2D eigenvalue weighted by Gasteiger charge is 2.48. The molecule has 2 aromatic carbocycles. The second kappa shape index (κ2) is 15.7. The molecular formula is C38H48N3O10S2+. The first-order valence-electron chi connectivity index (χ1n) is 17.9. The van der Waals surface area contributed by atoms with Gasteiger partial charge in [-0.25, -0.2) is 4.79 Å². The Morgan fingerprint density at radius 1 is 0.943 bits per heavy atom. The number of nitrogens with zero attached hydrogens (tertiary/aromatic N) is 3. The number of hydrogen-bond donors (Lipinski definition) is 2. The molecule has 5 rings (SSSR count). The number of allylic oxidation sites excluding steroid dienone is 4. The molecule has 0 aromatic heterocycles. The zero-order chi connectivity index (χ0) is 38.8. The molecule has 0 bridgehead atoms. The average molecular weight is 771 g/mol. The summed E-state index contributed by atoms with van der Waals surface area (Å²) < 4.78 is 69.1. The number of imide groups is 1. The third-order valence-corrected chi connectivity index (χ3v) is 12.0. The number of carbonyl (C=O) groups is 3. The summed E-state index contributed by atoms with van der Waals surface area (Å²) in [6, 6.07) is 12.6. The van der Waals surface area contributed by atoms with E-state index in [0.29, 0.717) is 43.8 Å². The summed E-state index contributed by atoms with van der Waals surface area (Å²) in [5.41, 5.74) is 4.39. The molecule has 0 spiro atoms. The summed E-state index contributed by atoms with van der Waals surface area (Å²) in [7, 11) is -8.61. The van der Waals surface area contributed by atoms with E-state index in [1.54, 1.807) is 6.07 Å². The smallest absolute Gasteiger partial charge is 0.333 e. The van der Waals surface area contributed by atoms with Gasteiger partial charge in [-0.05, 0) is 56.0 Å². The molecule has 286 valence electrons. The van der Waals surface area contributed by atoms with Crippen molar-refractivity contribution < 1.29 is 49.7 Å². The van der Waals surface area contributed by atoms with Gasteiger partial charge in [0.2, 0.25) is 5.69 Å². The predicted molar refractivity (Wildman–Crippen MR) is 199 cm³/mol. The number of unbranched alkanes of at least 4 members (excludes halogenated alkanes) is 2. The molecule has 3 aliphatic rings. The third kappa shape index (κ3) is 8.64. The van der Waals surface area contributed by atoms with E-state index in [0.717, 1.165) is 40.3 Å². The highest BCUT2D eigenvalue weighted by atomic mass is 32.2. The van der Waals surface area contributed by atoms with Crippen molar-refractivity contribution in [1.29, 1.82) is 0 Å². The van der Waals surface area contributed by atoms with E-state index in [1.165, 1.54) is 12.1 Å². The number of benzene rings is 2. The zero-order valence-electron chi connectivity index (χ0n) is 30.6. The molecule has 2 amide bonds. The number of fused-ring (bicyclic) bond motifs is 2. The van der Waals surface area contributed by atoms with Gasteiger partial charge >= 0.3 is 5.97 Å². The lowest BCUT2D eigenvalue weighted by Crippen LogP contribution is -2.32. The standard InChI is InChI=1S/C38H47N3O10S2/c1-5-23-39-31-19-18-27(53(48,49)50)26-29(31)38(4,22-10-6-7-17-36(44)51-41-34(42)20-21-35(41)43)33(39)16-11-15-32-37(2,3)28-13-8-9-14-30(28)40(32)24-12-25-52(45,46)47/h8-9,11,13-16,18-19,26H,5-7,10,12,17,20-25H2,1-4H3,(H-,45,46,47,48,49,50)/p+1. The summed E-state index contributed by atoms with van der Waals surface area (Å²) in [6.45, 7) is 9.32. The van der Waals surface area contributed by atoms with E-state index >= 15 is 0 Å². The lowest BCUT2D eigenvalue weighted by Gasteiger charge is -2.27. The summed E-state index contributed by atoms with van der Waals surface area (Å²) in [4.78, 5) is 42.9. The van der Waals surface area contributed by atoms with Crippen LogP contribution in [0.1, 0.15) is 96.6 Å². The lowest BCUT2D eigenvalue weighted by molar-refractivity contribution is -0.437. The van der Waals surface area contributed by atoms with Crippen LogP contribution in [0.5, 0.6) is 0 Å². The highest BCUT2D eigenvalue weighted by Crippen LogP contribution is 2.48. The molecule has 2 N–H and O–H groups in total. The highest BCUT2D eigenvalue weighted by molar-refractivity contribution is 7.86. The summed E-state index contributed by atoms with van der Waals surface area (Å²) in [6.07, 6.45) is 9.34. The van der Waals surface area contributed by atoms with Gasteiger partial charge in [0.25, 0.3) is 32.1 Å². The Balaban J connectivity index is 1.43. The van der Waals surface area contributed by atoms with Crippen molar-refractivity contribution in [2.45, 2.75) is 101 Å². The van der Waals surface area contributed by atoms with Crippen molar-refractivity contribution >= 4 is 55.1 Å². The summed E-state index contributed by atoms with van der Waals surface area (Å²) >= 11 is 0. The minimum Gasteiger partial charge on any atom is -0.344 e. The van der Waals surface area contributed by atoms with Crippen molar-refractivity contribution in [3.05, 3.63) is 77.5 Å². The molecule has 1 saturated heterocycles. The molecule has 0 aliphatic carbocycles. The van der Waals surface area contributed by atoms with E-state index in [-0.39, 0.29) is 36.3 Å². The fourth-order valence-corrected chi connectivity index (χ4v) is 8.67. The van der Waals surface area contributed by atoms with Gasteiger partial charge in [-0.3, -0.25) is 18.7 Å². The lowest BCUT2D eigenvalue weighted by atomic mass is 9.75. The van der Waals surface area contributed by atoms with E-state index < -0.39 is 48.8 Å². The monoisotopic (exact) mass is 770 g/mol. The molecule has 2 aromatic rings. The Kier molecular flexibility index (Phi) is 11.8. The Morgan fingerprint density at radius 3 is 2.30 bits per heavy atom. The van der Waals surface area contributed by atoms with Crippen LogP contribution in [-0.2, 0) is 50.3 Å². The SMILES string of the molecule is CCC[N+]1=C(/C=C/C=C2\N(CCCS(=O)(=O)O)c3ccccc3C2(C)C)C(C)(CCCCCC(=O)ON2C(=O)CCC2=O)c2cc(S(=O)(=O)O)ccc21.